The van der Waals surface area contributed by atoms with Gasteiger partial charge in [-0.05, 0) is 42.5 Å². The number of anilines is 1. The maximum absolute atomic E-state index is 13.2. The fourth-order valence-corrected chi connectivity index (χ4v) is 2.03. The number of hydrogen-bond acceptors (Lipinski definition) is 3. The second-order valence-corrected chi connectivity index (χ2v) is 4.89. The molecule has 1 heterocycles. The van der Waals surface area contributed by atoms with E-state index < -0.39 is 5.82 Å². The average Bonchev–Trinajstić information content (AvgIpc) is 3.08. The van der Waals surface area contributed by atoms with Crippen LogP contribution in [-0.4, -0.2) is 5.91 Å². The number of ether oxygens (including phenoxy) is 1. The van der Waals surface area contributed by atoms with Crippen LogP contribution in [0, 0.1) is 5.82 Å². The number of furan rings is 1. The normalized spacial score (nSPS) is 10.7. The third-order valence-corrected chi connectivity index (χ3v) is 3.11. The quantitative estimate of drug-likeness (QED) is 0.682. The molecular weight excluding hydrogens is 309 g/mol. The predicted molar refractivity (Wildman–Crippen MR) is 89.3 cm³/mol. The molecule has 1 aromatic heterocycles. The number of halogens is 1. The van der Waals surface area contributed by atoms with Crippen LogP contribution in [0.25, 0.3) is 6.08 Å². The Morgan fingerprint density at radius 2 is 1.96 bits per heavy atom. The van der Waals surface area contributed by atoms with Crippen LogP contribution in [0.4, 0.5) is 10.1 Å². The summed E-state index contributed by atoms with van der Waals surface area (Å²) in [6.07, 6.45) is 4.45. The summed E-state index contributed by atoms with van der Waals surface area (Å²) in [5.74, 6) is 0.622. The Kier molecular flexibility index (Phi) is 4.72. The Bertz CT molecular complexity index is 857. The number of para-hydroxylation sites is 2. The molecular formula is C19H14FNO3. The standard InChI is InChI=1S/C19H14FNO3/c20-14-5-3-6-16(13-14)24-18-9-2-1-8-17(18)21-19(22)11-10-15-7-4-12-23-15/h1-13H,(H,21,22). The van der Waals surface area contributed by atoms with E-state index in [0.717, 1.165) is 0 Å². The zero-order valence-electron chi connectivity index (χ0n) is 12.6. The first-order chi connectivity index (χ1) is 11.7. The van der Waals surface area contributed by atoms with Gasteiger partial charge in [0.05, 0.1) is 12.0 Å². The van der Waals surface area contributed by atoms with Gasteiger partial charge in [-0.1, -0.05) is 18.2 Å². The van der Waals surface area contributed by atoms with Gasteiger partial charge in [-0.15, -0.1) is 0 Å². The van der Waals surface area contributed by atoms with Crippen molar-refractivity contribution in [3.05, 3.63) is 84.6 Å². The van der Waals surface area contributed by atoms with Crippen LogP contribution < -0.4 is 10.1 Å². The molecule has 1 amide bonds. The molecule has 0 aliphatic carbocycles. The predicted octanol–water partition coefficient (Wildman–Crippen LogP) is 4.86. The van der Waals surface area contributed by atoms with Crippen molar-refractivity contribution in [2.45, 2.75) is 0 Å². The van der Waals surface area contributed by atoms with E-state index in [-0.39, 0.29) is 5.91 Å². The summed E-state index contributed by atoms with van der Waals surface area (Å²) < 4.78 is 24.0. The van der Waals surface area contributed by atoms with E-state index in [0.29, 0.717) is 22.9 Å². The second-order valence-electron chi connectivity index (χ2n) is 4.89. The summed E-state index contributed by atoms with van der Waals surface area (Å²) in [4.78, 5) is 12.0. The van der Waals surface area contributed by atoms with Crippen molar-refractivity contribution in [3.63, 3.8) is 0 Å². The van der Waals surface area contributed by atoms with Crippen LogP contribution in [-0.2, 0) is 4.79 Å². The number of hydrogen-bond donors (Lipinski definition) is 1. The number of amides is 1. The summed E-state index contributed by atoms with van der Waals surface area (Å²) in [7, 11) is 0. The minimum absolute atomic E-state index is 0.332. The molecule has 0 unspecified atom stereocenters. The molecule has 5 heteroatoms. The van der Waals surface area contributed by atoms with Crippen LogP contribution in [0.15, 0.2) is 77.4 Å². The lowest BCUT2D eigenvalue weighted by molar-refractivity contribution is -0.111. The zero-order chi connectivity index (χ0) is 16.8. The fraction of sp³-hybridized carbons (Fsp3) is 0. The van der Waals surface area contributed by atoms with E-state index in [2.05, 4.69) is 5.32 Å². The van der Waals surface area contributed by atoms with Crippen molar-refractivity contribution < 1.29 is 18.3 Å². The Morgan fingerprint density at radius 3 is 2.75 bits per heavy atom. The van der Waals surface area contributed by atoms with Gasteiger partial charge in [0, 0.05) is 12.1 Å². The number of benzene rings is 2. The monoisotopic (exact) mass is 323 g/mol. The Morgan fingerprint density at radius 1 is 1.08 bits per heavy atom. The molecule has 0 atom stereocenters. The number of carbonyl (C=O) groups is 1. The molecule has 0 radical (unpaired) electrons. The van der Waals surface area contributed by atoms with E-state index in [1.165, 1.54) is 24.5 Å². The molecule has 2 aromatic carbocycles. The lowest BCUT2D eigenvalue weighted by atomic mass is 10.2. The number of rotatable bonds is 5. The number of carbonyl (C=O) groups excluding carboxylic acids is 1. The van der Waals surface area contributed by atoms with Crippen LogP contribution in [0.2, 0.25) is 0 Å². The minimum atomic E-state index is -0.393. The van der Waals surface area contributed by atoms with Gasteiger partial charge < -0.3 is 14.5 Å². The van der Waals surface area contributed by atoms with Gasteiger partial charge in [-0.3, -0.25) is 4.79 Å². The lowest BCUT2D eigenvalue weighted by Gasteiger charge is -2.11. The Balaban J connectivity index is 1.73. The largest absolute Gasteiger partial charge is 0.465 e. The van der Waals surface area contributed by atoms with Crippen molar-refractivity contribution in [1.29, 1.82) is 0 Å². The molecule has 120 valence electrons. The molecule has 4 nitrogen and oxygen atoms in total. The molecule has 3 rings (SSSR count). The maximum atomic E-state index is 13.2. The van der Waals surface area contributed by atoms with Crippen LogP contribution in [0.3, 0.4) is 0 Å². The van der Waals surface area contributed by atoms with Crippen LogP contribution in [0.5, 0.6) is 11.5 Å². The molecule has 0 spiro atoms. The third-order valence-electron chi connectivity index (χ3n) is 3.11. The maximum Gasteiger partial charge on any atom is 0.248 e. The van der Waals surface area contributed by atoms with E-state index in [4.69, 9.17) is 9.15 Å². The molecule has 0 aliphatic rings. The van der Waals surface area contributed by atoms with Gasteiger partial charge in [0.2, 0.25) is 5.91 Å². The van der Waals surface area contributed by atoms with Gasteiger partial charge in [0.1, 0.15) is 17.3 Å². The van der Waals surface area contributed by atoms with E-state index in [1.54, 1.807) is 54.6 Å². The first kappa shape index (κ1) is 15.6. The fourth-order valence-electron chi connectivity index (χ4n) is 2.03. The number of nitrogens with one attached hydrogen (secondary N) is 1. The Labute approximate surface area is 138 Å². The second kappa shape index (κ2) is 7.28. The molecule has 0 fully saturated rings. The summed E-state index contributed by atoms with van der Waals surface area (Å²) in [5, 5.41) is 2.72. The van der Waals surface area contributed by atoms with E-state index in [9.17, 15) is 9.18 Å². The molecule has 24 heavy (non-hydrogen) atoms. The summed E-state index contributed by atoms with van der Waals surface area (Å²) in [6, 6.07) is 16.2. The van der Waals surface area contributed by atoms with Gasteiger partial charge in [0.25, 0.3) is 0 Å². The Hall–Kier alpha value is -3.34. The molecule has 0 saturated heterocycles. The van der Waals surface area contributed by atoms with Gasteiger partial charge in [-0.25, -0.2) is 4.39 Å². The highest BCUT2D eigenvalue weighted by Gasteiger charge is 2.07. The van der Waals surface area contributed by atoms with Crippen molar-refractivity contribution >= 4 is 17.7 Å². The molecule has 1 N–H and O–H groups in total. The zero-order valence-corrected chi connectivity index (χ0v) is 12.6. The smallest absolute Gasteiger partial charge is 0.248 e. The lowest BCUT2D eigenvalue weighted by Crippen LogP contribution is -2.08. The average molecular weight is 323 g/mol. The topological polar surface area (TPSA) is 51.5 Å². The first-order valence-electron chi connectivity index (χ1n) is 7.26. The summed E-state index contributed by atoms with van der Waals surface area (Å²) in [6.45, 7) is 0. The minimum Gasteiger partial charge on any atom is -0.465 e. The van der Waals surface area contributed by atoms with Gasteiger partial charge in [0.15, 0.2) is 5.75 Å². The highest BCUT2D eigenvalue weighted by molar-refractivity contribution is 6.02. The molecule has 0 bridgehead atoms. The summed E-state index contributed by atoms with van der Waals surface area (Å²) in [5.41, 5.74) is 0.482. The highest BCUT2D eigenvalue weighted by Crippen LogP contribution is 2.29. The molecule has 0 saturated carbocycles. The van der Waals surface area contributed by atoms with Crippen molar-refractivity contribution in [2.24, 2.45) is 0 Å². The van der Waals surface area contributed by atoms with Crippen molar-refractivity contribution in [3.8, 4) is 11.5 Å². The SMILES string of the molecule is O=C(C=Cc1ccco1)Nc1ccccc1Oc1cccc(F)c1. The van der Waals surface area contributed by atoms with E-state index in [1.807, 2.05) is 0 Å². The highest BCUT2D eigenvalue weighted by atomic mass is 19.1. The first-order valence-corrected chi connectivity index (χ1v) is 7.26. The van der Waals surface area contributed by atoms with Crippen molar-refractivity contribution in [2.75, 3.05) is 5.32 Å². The van der Waals surface area contributed by atoms with E-state index >= 15 is 0 Å². The van der Waals surface area contributed by atoms with Crippen LogP contribution >= 0.6 is 0 Å². The summed E-state index contributed by atoms with van der Waals surface area (Å²) >= 11 is 0. The molecule has 3 aromatic rings. The van der Waals surface area contributed by atoms with Crippen LogP contribution in [0.1, 0.15) is 5.76 Å². The third kappa shape index (κ3) is 4.10. The van der Waals surface area contributed by atoms with Gasteiger partial charge >= 0.3 is 0 Å². The van der Waals surface area contributed by atoms with Crippen molar-refractivity contribution in [1.82, 2.24) is 0 Å². The molecule has 0 aliphatic heterocycles. The van der Waals surface area contributed by atoms with Gasteiger partial charge in [-0.2, -0.15) is 0 Å².